The number of primary amides is 1. The maximum absolute atomic E-state index is 13.8. The van der Waals surface area contributed by atoms with Crippen molar-refractivity contribution in [1.82, 2.24) is 9.55 Å². The molecule has 20 heavy (non-hydrogen) atoms. The third-order valence-electron chi connectivity index (χ3n) is 2.62. The Bertz CT molecular complexity index is 748. The van der Waals surface area contributed by atoms with Crippen molar-refractivity contribution in [2.24, 2.45) is 5.73 Å². The van der Waals surface area contributed by atoms with Crippen LogP contribution < -0.4 is 11.3 Å². The zero-order valence-corrected chi connectivity index (χ0v) is 12.3. The molecular weight excluding hydrogens is 353 g/mol. The Morgan fingerprint density at radius 3 is 2.80 bits per heavy atom. The summed E-state index contributed by atoms with van der Waals surface area (Å²) in [6.45, 7) is -0.0352. The first kappa shape index (κ1) is 14.7. The van der Waals surface area contributed by atoms with Crippen molar-refractivity contribution in [2.45, 2.75) is 6.54 Å². The smallest absolute Gasteiger partial charge is 0.269 e. The number of hydrogen-bond donors (Lipinski definition) is 1. The molecular formula is C12H8BrClFN3O2. The van der Waals surface area contributed by atoms with E-state index in [4.69, 9.17) is 17.3 Å². The molecule has 1 heterocycles. The number of nitrogens with two attached hydrogens (primary N) is 1. The van der Waals surface area contributed by atoms with E-state index in [1.807, 2.05) is 0 Å². The lowest BCUT2D eigenvalue weighted by molar-refractivity contribution is 0.1000. The SMILES string of the molecule is NC(=O)c1ccc(Cn2cnc(Cl)c(Br)c2=O)c(F)c1. The molecule has 8 heteroatoms. The lowest BCUT2D eigenvalue weighted by Gasteiger charge is -2.08. The van der Waals surface area contributed by atoms with E-state index >= 15 is 0 Å². The van der Waals surface area contributed by atoms with Gasteiger partial charge in [-0.25, -0.2) is 9.37 Å². The van der Waals surface area contributed by atoms with E-state index < -0.39 is 17.3 Å². The Kier molecular flexibility index (Phi) is 4.20. The molecule has 0 aliphatic rings. The molecule has 0 atom stereocenters. The van der Waals surface area contributed by atoms with E-state index in [1.54, 1.807) is 0 Å². The van der Waals surface area contributed by atoms with Gasteiger partial charge in [-0.1, -0.05) is 17.7 Å². The maximum atomic E-state index is 13.8. The van der Waals surface area contributed by atoms with Crippen LogP contribution in [0.3, 0.4) is 0 Å². The van der Waals surface area contributed by atoms with Crippen molar-refractivity contribution < 1.29 is 9.18 Å². The molecule has 0 saturated carbocycles. The quantitative estimate of drug-likeness (QED) is 0.850. The Morgan fingerprint density at radius 2 is 2.20 bits per heavy atom. The molecule has 1 aromatic heterocycles. The van der Waals surface area contributed by atoms with Gasteiger partial charge in [0.15, 0.2) is 5.15 Å². The highest BCUT2D eigenvalue weighted by molar-refractivity contribution is 9.10. The van der Waals surface area contributed by atoms with Gasteiger partial charge < -0.3 is 5.73 Å². The predicted molar refractivity (Wildman–Crippen MR) is 75.2 cm³/mol. The molecule has 104 valence electrons. The molecule has 2 N–H and O–H groups in total. The van der Waals surface area contributed by atoms with Crippen molar-refractivity contribution in [3.8, 4) is 0 Å². The van der Waals surface area contributed by atoms with Crippen LogP contribution in [0.2, 0.25) is 5.15 Å². The fourth-order valence-corrected chi connectivity index (χ4v) is 2.02. The van der Waals surface area contributed by atoms with Gasteiger partial charge in [0.2, 0.25) is 5.91 Å². The second kappa shape index (κ2) is 5.72. The van der Waals surface area contributed by atoms with Crippen LogP contribution in [0.1, 0.15) is 15.9 Å². The first-order valence-electron chi connectivity index (χ1n) is 5.39. The molecule has 0 aliphatic carbocycles. The zero-order chi connectivity index (χ0) is 14.9. The molecule has 0 saturated heterocycles. The van der Waals surface area contributed by atoms with Crippen molar-refractivity contribution in [3.63, 3.8) is 0 Å². The molecule has 0 unspecified atom stereocenters. The van der Waals surface area contributed by atoms with Crippen LogP contribution in [0, 0.1) is 5.82 Å². The number of hydrogen-bond acceptors (Lipinski definition) is 3. The molecule has 2 aromatic rings. The second-order valence-corrected chi connectivity index (χ2v) is 5.10. The number of rotatable bonds is 3. The lowest BCUT2D eigenvalue weighted by Crippen LogP contribution is -2.22. The highest BCUT2D eigenvalue weighted by atomic mass is 79.9. The lowest BCUT2D eigenvalue weighted by atomic mass is 10.1. The number of carbonyl (C=O) groups excluding carboxylic acids is 1. The first-order chi connectivity index (χ1) is 9.40. The minimum atomic E-state index is -0.719. The van der Waals surface area contributed by atoms with Crippen molar-refractivity contribution in [2.75, 3.05) is 0 Å². The van der Waals surface area contributed by atoms with E-state index in [0.29, 0.717) is 0 Å². The molecule has 0 bridgehead atoms. The number of aromatic nitrogens is 2. The molecule has 5 nitrogen and oxygen atoms in total. The second-order valence-electron chi connectivity index (χ2n) is 3.95. The van der Waals surface area contributed by atoms with Crippen molar-refractivity contribution in [3.05, 3.63) is 61.5 Å². The van der Waals surface area contributed by atoms with Crippen LogP contribution in [0.4, 0.5) is 4.39 Å². The van der Waals surface area contributed by atoms with Gasteiger partial charge >= 0.3 is 0 Å². The van der Waals surface area contributed by atoms with Gasteiger partial charge in [-0.15, -0.1) is 0 Å². The highest BCUT2D eigenvalue weighted by Crippen LogP contribution is 2.15. The van der Waals surface area contributed by atoms with Gasteiger partial charge in [0, 0.05) is 11.1 Å². The molecule has 2 rings (SSSR count). The van der Waals surface area contributed by atoms with Crippen LogP contribution >= 0.6 is 27.5 Å². The van der Waals surface area contributed by atoms with Gasteiger partial charge in [-0.2, -0.15) is 0 Å². The first-order valence-corrected chi connectivity index (χ1v) is 6.56. The standard InChI is InChI=1S/C12H8BrClFN3O2/c13-9-10(14)17-5-18(12(9)20)4-7-2-1-6(11(16)19)3-8(7)15/h1-3,5H,4H2,(H2,16,19). The van der Waals surface area contributed by atoms with E-state index in [2.05, 4.69) is 20.9 Å². The molecule has 1 aromatic carbocycles. The van der Waals surface area contributed by atoms with Gasteiger partial charge in [0.1, 0.15) is 10.3 Å². The van der Waals surface area contributed by atoms with Crippen LogP contribution in [-0.4, -0.2) is 15.5 Å². The highest BCUT2D eigenvalue weighted by Gasteiger charge is 2.11. The molecule has 0 radical (unpaired) electrons. The van der Waals surface area contributed by atoms with Crippen LogP contribution in [0.15, 0.2) is 33.8 Å². The monoisotopic (exact) mass is 359 g/mol. The minimum absolute atomic E-state index is 0.0352. The summed E-state index contributed by atoms with van der Waals surface area (Å²) in [6.07, 6.45) is 1.22. The summed E-state index contributed by atoms with van der Waals surface area (Å²) >= 11 is 8.69. The zero-order valence-electron chi connectivity index (χ0n) is 9.94. The van der Waals surface area contributed by atoms with Gasteiger partial charge in [0.05, 0.1) is 12.9 Å². The average Bonchev–Trinajstić information content (AvgIpc) is 2.41. The Balaban J connectivity index is 2.38. The van der Waals surface area contributed by atoms with Crippen LogP contribution in [0.25, 0.3) is 0 Å². The molecule has 0 aliphatic heterocycles. The summed E-state index contributed by atoms with van der Waals surface area (Å²) in [5.41, 5.74) is 4.92. The van der Waals surface area contributed by atoms with E-state index in [9.17, 15) is 14.0 Å². The third-order valence-corrected chi connectivity index (χ3v) is 3.85. The summed E-state index contributed by atoms with van der Waals surface area (Å²) in [4.78, 5) is 26.6. The number of nitrogens with zero attached hydrogens (tertiary/aromatic N) is 2. The number of amides is 1. The predicted octanol–water partition coefficient (Wildman–Crippen LogP) is 1.95. The summed E-state index contributed by atoms with van der Waals surface area (Å²) < 4.78 is 15.1. The van der Waals surface area contributed by atoms with Gasteiger partial charge in [-0.3, -0.25) is 14.2 Å². The van der Waals surface area contributed by atoms with E-state index in [0.717, 1.165) is 6.07 Å². The maximum Gasteiger partial charge on any atom is 0.269 e. The van der Waals surface area contributed by atoms with Gasteiger partial charge in [-0.05, 0) is 28.1 Å². The van der Waals surface area contributed by atoms with Crippen LogP contribution in [0.5, 0.6) is 0 Å². The largest absolute Gasteiger partial charge is 0.366 e. The minimum Gasteiger partial charge on any atom is -0.366 e. The summed E-state index contributed by atoms with van der Waals surface area (Å²) in [7, 11) is 0. The molecule has 1 amide bonds. The Hall–Kier alpha value is -1.73. The average molecular weight is 361 g/mol. The molecule has 0 spiro atoms. The number of carbonyl (C=O) groups is 1. The van der Waals surface area contributed by atoms with E-state index in [1.165, 1.54) is 23.0 Å². The van der Waals surface area contributed by atoms with Crippen molar-refractivity contribution >= 4 is 33.4 Å². The summed E-state index contributed by atoms with van der Waals surface area (Å²) in [6, 6.07) is 3.82. The topological polar surface area (TPSA) is 78.0 Å². The van der Waals surface area contributed by atoms with Crippen LogP contribution in [-0.2, 0) is 6.54 Å². The molecule has 0 fully saturated rings. The third kappa shape index (κ3) is 2.88. The number of benzene rings is 1. The fraction of sp³-hybridized carbons (Fsp3) is 0.0833. The Morgan fingerprint density at radius 1 is 1.50 bits per heavy atom. The van der Waals surface area contributed by atoms with E-state index in [-0.39, 0.29) is 27.3 Å². The fourth-order valence-electron chi connectivity index (χ4n) is 1.57. The summed E-state index contributed by atoms with van der Waals surface area (Å²) in [5, 5.41) is 0.0378. The van der Waals surface area contributed by atoms with Crippen molar-refractivity contribution in [1.29, 1.82) is 0 Å². The number of halogens is 3. The van der Waals surface area contributed by atoms with Gasteiger partial charge in [0.25, 0.3) is 5.56 Å². The Labute approximate surface area is 126 Å². The summed E-state index contributed by atoms with van der Waals surface area (Å²) in [5.74, 6) is -1.34. The normalized spacial score (nSPS) is 10.6.